The van der Waals surface area contributed by atoms with Gasteiger partial charge in [-0.05, 0) is 83.2 Å². The van der Waals surface area contributed by atoms with Crippen molar-refractivity contribution in [3.8, 4) is 22.9 Å². The molecule has 2 aromatic carbocycles. The minimum absolute atomic E-state index is 0.417. The third kappa shape index (κ3) is 9.92. The predicted octanol–water partition coefficient (Wildman–Crippen LogP) is 8.99. The van der Waals surface area contributed by atoms with Crippen LogP contribution in [0.4, 0.5) is 0 Å². The lowest BCUT2D eigenvalue weighted by Gasteiger charge is -2.10. The first-order valence-corrected chi connectivity index (χ1v) is 14.5. The van der Waals surface area contributed by atoms with E-state index in [1.165, 1.54) is 57.8 Å². The Balaban J connectivity index is 1.48. The minimum Gasteiger partial charge on any atom is -0.492 e. The Bertz CT molecular complexity index is 1080. The summed E-state index contributed by atoms with van der Waals surface area (Å²) in [5.74, 6) is 1.46. The lowest BCUT2D eigenvalue weighted by molar-refractivity contribution is 0.0734. The van der Waals surface area contributed by atoms with Crippen molar-refractivity contribution in [2.45, 2.75) is 84.5 Å². The molecule has 1 heterocycles. The summed E-state index contributed by atoms with van der Waals surface area (Å²) in [6.45, 7) is 5.11. The molecule has 3 aromatic rings. The number of hydrogen-bond donors (Lipinski definition) is 0. The molecule has 0 bridgehead atoms. The van der Waals surface area contributed by atoms with E-state index < -0.39 is 5.97 Å². The van der Waals surface area contributed by atoms with Crippen molar-refractivity contribution in [1.82, 2.24) is 9.97 Å². The van der Waals surface area contributed by atoms with Crippen LogP contribution in [0.1, 0.15) is 94.0 Å². The van der Waals surface area contributed by atoms with Crippen LogP contribution in [0.2, 0.25) is 0 Å². The number of esters is 1. The second kappa shape index (κ2) is 16.2. The van der Waals surface area contributed by atoms with Gasteiger partial charge in [-0.15, -0.1) is 0 Å². The summed E-state index contributed by atoms with van der Waals surface area (Å²) in [5.41, 5.74) is 2.50. The van der Waals surface area contributed by atoms with E-state index in [-0.39, 0.29) is 0 Å². The average molecular weight is 568 g/mol. The maximum atomic E-state index is 12.7. The highest BCUT2D eigenvalue weighted by Gasteiger charge is 2.12. The molecule has 0 radical (unpaired) electrons. The Morgan fingerprint density at radius 3 is 2.14 bits per heavy atom. The van der Waals surface area contributed by atoms with E-state index in [2.05, 4.69) is 39.7 Å². The third-order valence-corrected chi connectivity index (χ3v) is 6.89. The molecule has 1 aromatic heterocycles. The van der Waals surface area contributed by atoms with Crippen molar-refractivity contribution in [3.05, 3.63) is 70.5 Å². The Labute approximate surface area is 230 Å². The van der Waals surface area contributed by atoms with Gasteiger partial charge in [-0.2, -0.15) is 0 Å². The lowest BCUT2D eigenvalue weighted by Crippen LogP contribution is -2.09. The standard InChI is InChI=1S/C31H39BrN2O3/c1-3-5-7-9-10-12-20-36-29-19-16-26(21-28(29)32)31(35)37-27-17-14-25(15-18-27)30-33-22-24(23-34-30)13-11-8-6-4-2/h14-19,21-23H,3-13,20H2,1-2H3. The number of rotatable bonds is 16. The van der Waals surface area contributed by atoms with Crippen LogP contribution in [-0.4, -0.2) is 22.5 Å². The Morgan fingerprint density at radius 2 is 1.46 bits per heavy atom. The number of carbonyl (C=O) groups excluding carboxylic acids is 1. The third-order valence-electron chi connectivity index (χ3n) is 6.27. The van der Waals surface area contributed by atoms with Gasteiger partial charge in [-0.1, -0.05) is 65.2 Å². The first-order chi connectivity index (χ1) is 18.1. The molecule has 0 N–H and O–H groups in total. The van der Waals surface area contributed by atoms with E-state index in [4.69, 9.17) is 9.47 Å². The highest BCUT2D eigenvalue weighted by atomic mass is 79.9. The van der Waals surface area contributed by atoms with E-state index in [0.717, 1.165) is 34.2 Å². The number of benzene rings is 2. The van der Waals surface area contributed by atoms with Crippen molar-refractivity contribution in [1.29, 1.82) is 0 Å². The summed E-state index contributed by atoms with van der Waals surface area (Å²) < 4.78 is 12.2. The molecule has 0 aliphatic heterocycles. The van der Waals surface area contributed by atoms with Gasteiger partial charge < -0.3 is 9.47 Å². The number of carbonyl (C=O) groups is 1. The number of ether oxygens (including phenoxy) is 2. The van der Waals surface area contributed by atoms with Crippen LogP contribution in [0.25, 0.3) is 11.4 Å². The van der Waals surface area contributed by atoms with Gasteiger partial charge >= 0.3 is 5.97 Å². The molecular formula is C31H39BrN2O3. The minimum atomic E-state index is -0.417. The molecule has 6 heteroatoms. The predicted molar refractivity (Wildman–Crippen MR) is 153 cm³/mol. The van der Waals surface area contributed by atoms with Gasteiger partial charge in [0.2, 0.25) is 0 Å². The topological polar surface area (TPSA) is 61.3 Å². The fraction of sp³-hybridized carbons (Fsp3) is 0.452. The van der Waals surface area contributed by atoms with Gasteiger partial charge in [0.1, 0.15) is 11.5 Å². The number of aromatic nitrogens is 2. The molecule has 0 amide bonds. The largest absolute Gasteiger partial charge is 0.492 e. The van der Waals surface area contributed by atoms with Crippen molar-refractivity contribution in [2.75, 3.05) is 6.61 Å². The average Bonchev–Trinajstić information content (AvgIpc) is 2.92. The molecule has 3 rings (SSSR count). The van der Waals surface area contributed by atoms with Gasteiger partial charge in [-0.3, -0.25) is 0 Å². The maximum absolute atomic E-state index is 12.7. The summed E-state index contributed by atoms with van der Waals surface area (Å²) in [4.78, 5) is 21.7. The molecule has 0 fully saturated rings. The quantitative estimate of drug-likeness (QED) is 0.0982. The second-order valence-electron chi connectivity index (χ2n) is 9.40. The molecule has 0 aliphatic rings. The van der Waals surface area contributed by atoms with Crippen LogP contribution in [0.5, 0.6) is 11.5 Å². The molecule has 0 saturated carbocycles. The number of nitrogens with zero attached hydrogens (tertiary/aromatic N) is 2. The fourth-order valence-electron chi connectivity index (χ4n) is 4.04. The summed E-state index contributed by atoms with van der Waals surface area (Å²) in [7, 11) is 0. The van der Waals surface area contributed by atoms with E-state index in [1.807, 2.05) is 30.6 Å². The lowest BCUT2D eigenvalue weighted by atomic mass is 10.1. The van der Waals surface area contributed by atoms with Crippen LogP contribution >= 0.6 is 15.9 Å². The van der Waals surface area contributed by atoms with Crippen LogP contribution in [0.15, 0.2) is 59.3 Å². The van der Waals surface area contributed by atoms with Gasteiger partial charge in [0.25, 0.3) is 0 Å². The van der Waals surface area contributed by atoms with Gasteiger partial charge in [-0.25, -0.2) is 14.8 Å². The van der Waals surface area contributed by atoms with Gasteiger partial charge in [0, 0.05) is 18.0 Å². The van der Waals surface area contributed by atoms with Crippen molar-refractivity contribution < 1.29 is 14.3 Å². The summed E-state index contributed by atoms with van der Waals surface area (Å²) in [6.07, 6.45) is 17.0. The SMILES string of the molecule is CCCCCCCCOc1ccc(C(=O)Oc2ccc(-c3ncc(CCCCCC)cn3)cc2)cc1Br. The van der Waals surface area contributed by atoms with Gasteiger partial charge in [0.05, 0.1) is 16.6 Å². The van der Waals surface area contributed by atoms with E-state index in [0.29, 0.717) is 23.7 Å². The highest BCUT2D eigenvalue weighted by molar-refractivity contribution is 9.10. The normalized spacial score (nSPS) is 10.9. The Hall–Kier alpha value is -2.73. The van der Waals surface area contributed by atoms with Crippen molar-refractivity contribution in [3.63, 3.8) is 0 Å². The monoisotopic (exact) mass is 566 g/mol. The molecule has 0 aliphatic carbocycles. The summed E-state index contributed by atoms with van der Waals surface area (Å²) >= 11 is 3.52. The molecule has 5 nitrogen and oxygen atoms in total. The Morgan fingerprint density at radius 1 is 0.811 bits per heavy atom. The molecule has 0 atom stereocenters. The van der Waals surface area contributed by atoms with Crippen LogP contribution in [0, 0.1) is 0 Å². The number of hydrogen-bond acceptors (Lipinski definition) is 5. The molecule has 37 heavy (non-hydrogen) atoms. The summed E-state index contributed by atoms with van der Waals surface area (Å²) in [6, 6.07) is 12.6. The first-order valence-electron chi connectivity index (χ1n) is 13.7. The zero-order valence-corrected chi connectivity index (χ0v) is 23.8. The number of aryl methyl sites for hydroxylation is 1. The zero-order valence-electron chi connectivity index (χ0n) is 22.2. The van der Waals surface area contributed by atoms with Crippen molar-refractivity contribution >= 4 is 21.9 Å². The number of halogens is 1. The maximum Gasteiger partial charge on any atom is 0.343 e. The second-order valence-corrected chi connectivity index (χ2v) is 10.3. The van der Waals surface area contributed by atoms with Gasteiger partial charge in [0.15, 0.2) is 5.82 Å². The van der Waals surface area contributed by atoms with E-state index >= 15 is 0 Å². The molecule has 0 unspecified atom stereocenters. The fourth-order valence-corrected chi connectivity index (χ4v) is 4.53. The highest BCUT2D eigenvalue weighted by Crippen LogP contribution is 2.27. The first kappa shape index (κ1) is 28.8. The molecular weight excluding hydrogens is 528 g/mol. The molecule has 198 valence electrons. The van der Waals surface area contributed by atoms with E-state index in [1.54, 1.807) is 24.3 Å². The van der Waals surface area contributed by atoms with Crippen LogP contribution in [0.3, 0.4) is 0 Å². The van der Waals surface area contributed by atoms with Crippen molar-refractivity contribution in [2.24, 2.45) is 0 Å². The smallest absolute Gasteiger partial charge is 0.343 e. The molecule has 0 spiro atoms. The Kier molecular flexibility index (Phi) is 12.6. The van der Waals surface area contributed by atoms with Crippen LogP contribution in [-0.2, 0) is 6.42 Å². The number of unbranched alkanes of at least 4 members (excludes halogenated alkanes) is 8. The molecule has 0 saturated heterocycles. The van der Waals surface area contributed by atoms with Crippen LogP contribution < -0.4 is 9.47 Å². The van der Waals surface area contributed by atoms with E-state index in [9.17, 15) is 4.79 Å². The summed E-state index contributed by atoms with van der Waals surface area (Å²) in [5, 5.41) is 0. The zero-order chi connectivity index (χ0) is 26.3.